The van der Waals surface area contributed by atoms with Gasteiger partial charge in [-0.1, -0.05) is 6.07 Å². The number of hydrogen-bond donors (Lipinski definition) is 1. The Kier molecular flexibility index (Phi) is 5.14. The first-order chi connectivity index (χ1) is 12.2. The topological polar surface area (TPSA) is 103 Å². The minimum atomic E-state index is -3.91. The number of hydrogen-bond acceptors (Lipinski definition) is 7. The highest BCUT2D eigenvalue weighted by Gasteiger charge is 2.46. The fourth-order valence-corrected chi connectivity index (χ4v) is 8.09. The van der Waals surface area contributed by atoms with E-state index in [-0.39, 0.29) is 22.9 Å². The first kappa shape index (κ1) is 18.9. The van der Waals surface area contributed by atoms with Crippen LogP contribution in [-0.4, -0.2) is 46.7 Å². The van der Waals surface area contributed by atoms with E-state index in [4.69, 9.17) is 9.15 Å². The molecular weight excluding hydrogens is 378 g/mol. The number of rotatable bonds is 6. The summed E-state index contributed by atoms with van der Waals surface area (Å²) in [6.45, 7) is 2.03. The highest BCUT2D eigenvalue weighted by atomic mass is 32.2. The van der Waals surface area contributed by atoms with Crippen LogP contribution in [0.15, 0.2) is 45.9 Å². The molecule has 1 aliphatic heterocycles. The van der Waals surface area contributed by atoms with Crippen molar-refractivity contribution in [3.05, 3.63) is 47.9 Å². The van der Waals surface area contributed by atoms with Crippen LogP contribution in [0, 0.1) is 6.92 Å². The van der Waals surface area contributed by atoms with E-state index in [0.717, 1.165) is 5.56 Å². The van der Waals surface area contributed by atoms with Gasteiger partial charge in [0.1, 0.15) is 16.4 Å². The average molecular weight is 399 g/mol. The molecule has 0 bridgehead atoms. The summed E-state index contributed by atoms with van der Waals surface area (Å²) in [6.07, 6.45) is 1.51. The molecule has 0 amide bonds. The SMILES string of the molecule is COc1ccc(C)cc1S(=O)(=O)[C@@H]1CS(=O)(=O)C[C@@H]1NCc1ccco1. The van der Waals surface area contributed by atoms with E-state index in [1.165, 1.54) is 19.4 Å². The van der Waals surface area contributed by atoms with Crippen LogP contribution in [0.4, 0.5) is 0 Å². The Labute approximate surface area is 153 Å². The van der Waals surface area contributed by atoms with Gasteiger partial charge in [0.2, 0.25) is 0 Å². The van der Waals surface area contributed by atoms with E-state index in [1.807, 2.05) is 0 Å². The second-order valence-corrected chi connectivity index (χ2v) is 10.7. The molecule has 26 heavy (non-hydrogen) atoms. The van der Waals surface area contributed by atoms with E-state index in [1.54, 1.807) is 31.2 Å². The molecule has 1 saturated heterocycles. The summed E-state index contributed by atoms with van der Waals surface area (Å²) in [5, 5.41) is 1.94. The van der Waals surface area contributed by atoms with Crippen LogP contribution in [0.25, 0.3) is 0 Å². The number of aryl methyl sites for hydroxylation is 1. The maximum Gasteiger partial charge on any atom is 0.187 e. The molecule has 1 fully saturated rings. The van der Waals surface area contributed by atoms with E-state index < -0.39 is 36.7 Å². The van der Waals surface area contributed by atoms with Crippen molar-refractivity contribution >= 4 is 19.7 Å². The summed E-state index contributed by atoms with van der Waals surface area (Å²) in [6, 6.07) is 7.58. The van der Waals surface area contributed by atoms with Crippen molar-refractivity contribution in [3.63, 3.8) is 0 Å². The van der Waals surface area contributed by atoms with Crippen LogP contribution in [-0.2, 0) is 26.2 Å². The quantitative estimate of drug-likeness (QED) is 0.781. The molecule has 3 rings (SSSR count). The third-order valence-corrected chi connectivity index (χ3v) is 8.61. The predicted octanol–water partition coefficient (Wildman–Crippen LogP) is 1.33. The van der Waals surface area contributed by atoms with Gasteiger partial charge < -0.3 is 14.5 Å². The summed E-state index contributed by atoms with van der Waals surface area (Å²) in [4.78, 5) is 0.0203. The Bertz CT molecular complexity index is 980. The Morgan fingerprint density at radius 3 is 2.69 bits per heavy atom. The molecule has 2 aromatic rings. The second-order valence-electron chi connectivity index (χ2n) is 6.38. The number of methoxy groups -OCH3 is 1. The Morgan fingerprint density at radius 1 is 1.27 bits per heavy atom. The fraction of sp³-hybridized carbons (Fsp3) is 0.412. The van der Waals surface area contributed by atoms with Gasteiger partial charge in [-0.2, -0.15) is 0 Å². The molecule has 2 heterocycles. The third-order valence-electron chi connectivity index (χ3n) is 4.44. The molecule has 1 aromatic carbocycles. The van der Waals surface area contributed by atoms with Crippen molar-refractivity contribution in [3.8, 4) is 5.75 Å². The van der Waals surface area contributed by atoms with Gasteiger partial charge in [0.15, 0.2) is 19.7 Å². The molecule has 142 valence electrons. The summed E-state index contributed by atoms with van der Waals surface area (Å²) >= 11 is 0. The smallest absolute Gasteiger partial charge is 0.187 e. The molecule has 0 radical (unpaired) electrons. The second kappa shape index (κ2) is 7.05. The molecule has 0 spiro atoms. The van der Waals surface area contributed by atoms with Crippen LogP contribution < -0.4 is 10.1 Å². The van der Waals surface area contributed by atoms with Gasteiger partial charge in [-0.05, 0) is 36.8 Å². The first-order valence-electron chi connectivity index (χ1n) is 8.08. The van der Waals surface area contributed by atoms with E-state index in [2.05, 4.69) is 5.32 Å². The molecule has 9 heteroatoms. The van der Waals surface area contributed by atoms with Gasteiger partial charge in [0, 0.05) is 6.04 Å². The van der Waals surface area contributed by atoms with Crippen molar-refractivity contribution in [2.75, 3.05) is 18.6 Å². The Balaban J connectivity index is 1.94. The summed E-state index contributed by atoms with van der Waals surface area (Å²) in [5.74, 6) is 0.178. The van der Waals surface area contributed by atoms with E-state index >= 15 is 0 Å². The largest absolute Gasteiger partial charge is 0.495 e. The van der Waals surface area contributed by atoms with Crippen LogP contribution in [0.5, 0.6) is 5.75 Å². The monoisotopic (exact) mass is 399 g/mol. The molecule has 0 unspecified atom stereocenters. The molecule has 7 nitrogen and oxygen atoms in total. The van der Waals surface area contributed by atoms with Crippen molar-refractivity contribution in [2.24, 2.45) is 0 Å². The first-order valence-corrected chi connectivity index (χ1v) is 11.4. The Morgan fingerprint density at radius 2 is 2.04 bits per heavy atom. The molecule has 1 N–H and O–H groups in total. The normalized spacial score (nSPS) is 22.4. The zero-order valence-corrected chi connectivity index (χ0v) is 16.1. The highest BCUT2D eigenvalue weighted by molar-refractivity contribution is 7.96. The minimum Gasteiger partial charge on any atom is -0.495 e. The number of nitrogens with one attached hydrogen (secondary N) is 1. The lowest BCUT2D eigenvalue weighted by Gasteiger charge is -2.21. The number of sulfone groups is 2. The van der Waals surface area contributed by atoms with Gasteiger partial charge in [0.05, 0.1) is 36.7 Å². The van der Waals surface area contributed by atoms with E-state index in [9.17, 15) is 16.8 Å². The highest BCUT2D eigenvalue weighted by Crippen LogP contribution is 2.32. The van der Waals surface area contributed by atoms with Crippen molar-refractivity contribution < 1.29 is 26.0 Å². The van der Waals surface area contributed by atoms with Crippen molar-refractivity contribution in [2.45, 2.75) is 29.7 Å². The summed E-state index contributed by atoms with van der Waals surface area (Å²) < 4.78 is 61.2. The standard InChI is InChI=1S/C17H21NO6S2/c1-12-5-6-15(23-2)16(8-12)26(21,22)17-11-25(19,20)10-14(17)18-9-13-4-3-7-24-13/h3-8,14,17-18H,9-11H2,1-2H3/t14-,17+/m0/s1. The van der Waals surface area contributed by atoms with E-state index in [0.29, 0.717) is 5.76 Å². The third kappa shape index (κ3) is 3.79. The number of furan rings is 1. The number of benzene rings is 1. The molecule has 0 aliphatic carbocycles. The summed E-state index contributed by atoms with van der Waals surface area (Å²) in [7, 11) is -5.99. The lowest BCUT2D eigenvalue weighted by molar-refractivity contribution is 0.401. The van der Waals surface area contributed by atoms with Crippen LogP contribution >= 0.6 is 0 Å². The average Bonchev–Trinajstić information content (AvgIpc) is 3.20. The van der Waals surface area contributed by atoms with Gasteiger partial charge >= 0.3 is 0 Å². The Hall–Kier alpha value is -1.84. The van der Waals surface area contributed by atoms with Crippen molar-refractivity contribution in [1.29, 1.82) is 0 Å². The van der Waals surface area contributed by atoms with Gasteiger partial charge in [-0.25, -0.2) is 16.8 Å². The molecule has 1 aromatic heterocycles. The number of ether oxygens (including phenoxy) is 1. The molecular formula is C17H21NO6S2. The lowest BCUT2D eigenvalue weighted by atomic mass is 10.2. The maximum atomic E-state index is 13.2. The zero-order chi connectivity index (χ0) is 18.9. The predicted molar refractivity (Wildman–Crippen MR) is 96.7 cm³/mol. The van der Waals surface area contributed by atoms with Gasteiger partial charge in [0.25, 0.3) is 0 Å². The van der Waals surface area contributed by atoms with Gasteiger partial charge in [-0.15, -0.1) is 0 Å². The van der Waals surface area contributed by atoms with Crippen LogP contribution in [0.3, 0.4) is 0 Å². The van der Waals surface area contributed by atoms with Crippen molar-refractivity contribution in [1.82, 2.24) is 5.32 Å². The molecule has 2 atom stereocenters. The molecule has 0 saturated carbocycles. The van der Waals surface area contributed by atoms with Gasteiger partial charge in [-0.3, -0.25) is 0 Å². The van der Waals surface area contributed by atoms with Crippen LogP contribution in [0.2, 0.25) is 0 Å². The van der Waals surface area contributed by atoms with Crippen LogP contribution in [0.1, 0.15) is 11.3 Å². The fourth-order valence-electron chi connectivity index (χ4n) is 3.13. The molecule has 1 aliphatic rings. The summed E-state index contributed by atoms with van der Waals surface area (Å²) in [5.41, 5.74) is 0.755. The maximum absolute atomic E-state index is 13.2. The zero-order valence-electron chi connectivity index (χ0n) is 14.5. The lowest BCUT2D eigenvalue weighted by Crippen LogP contribution is -2.43. The minimum absolute atomic E-state index is 0.0203.